The van der Waals surface area contributed by atoms with Gasteiger partial charge in [-0.1, -0.05) is 0 Å². The molecule has 0 unspecified atom stereocenters. The third kappa shape index (κ3) is 4.11. The van der Waals surface area contributed by atoms with Gasteiger partial charge in [-0.05, 0) is 20.8 Å². The zero-order valence-electron chi connectivity index (χ0n) is 9.11. The molecule has 0 radical (unpaired) electrons. The van der Waals surface area contributed by atoms with Crippen LogP contribution < -0.4 is 0 Å². The third-order valence-electron chi connectivity index (χ3n) is 1.34. The molecule has 0 aromatic carbocycles. The highest BCUT2D eigenvalue weighted by atomic mass is 31.2. The first-order valence-electron chi connectivity index (χ1n) is 4.67. The van der Waals surface area contributed by atoms with Gasteiger partial charge in [-0.2, -0.15) is 0 Å². The van der Waals surface area contributed by atoms with Crippen LogP contribution in [-0.4, -0.2) is 31.2 Å². The second-order valence-electron chi connectivity index (χ2n) is 2.40. The molecule has 0 atom stereocenters. The van der Waals surface area contributed by atoms with Crippen molar-refractivity contribution in [3.63, 3.8) is 0 Å². The van der Waals surface area contributed by atoms with E-state index in [1.165, 1.54) is 0 Å². The molecule has 7 heteroatoms. The SMILES string of the molecule is CCOC(=O)C(=N)P(=O)(OCC)OCC. The Morgan fingerprint density at radius 3 is 1.93 bits per heavy atom. The molecule has 6 nitrogen and oxygen atoms in total. The van der Waals surface area contributed by atoms with E-state index in [9.17, 15) is 9.36 Å². The van der Waals surface area contributed by atoms with Gasteiger partial charge in [-0.25, -0.2) is 4.79 Å². The summed E-state index contributed by atoms with van der Waals surface area (Å²) >= 11 is 0. The summed E-state index contributed by atoms with van der Waals surface area (Å²) in [6.07, 6.45) is 0. The molecular weight excluding hydrogens is 221 g/mol. The summed E-state index contributed by atoms with van der Waals surface area (Å²) in [6.45, 7) is 5.10. The molecule has 15 heavy (non-hydrogen) atoms. The number of hydrogen-bond acceptors (Lipinski definition) is 6. The maximum absolute atomic E-state index is 11.9. The molecule has 0 aliphatic rings. The zero-order chi connectivity index (χ0) is 11.9. The molecule has 0 bridgehead atoms. The number of carbonyl (C=O) groups excluding carboxylic acids is 1. The number of rotatable bonds is 7. The van der Waals surface area contributed by atoms with Crippen molar-refractivity contribution in [2.75, 3.05) is 19.8 Å². The van der Waals surface area contributed by atoms with Crippen molar-refractivity contribution in [2.24, 2.45) is 0 Å². The van der Waals surface area contributed by atoms with E-state index in [0.29, 0.717) is 0 Å². The minimum Gasteiger partial charge on any atom is -0.461 e. The van der Waals surface area contributed by atoms with Crippen molar-refractivity contribution >= 4 is 19.0 Å². The second-order valence-corrected chi connectivity index (χ2v) is 4.36. The summed E-state index contributed by atoms with van der Waals surface area (Å²) < 4.78 is 26.0. The Morgan fingerprint density at radius 1 is 1.13 bits per heavy atom. The van der Waals surface area contributed by atoms with Gasteiger partial charge in [0.15, 0.2) is 0 Å². The van der Waals surface area contributed by atoms with Crippen molar-refractivity contribution < 1.29 is 23.1 Å². The topological polar surface area (TPSA) is 85.7 Å². The Kier molecular flexibility index (Phi) is 6.40. The van der Waals surface area contributed by atoms with Crippen LogP contribution in [-0.2, 0) is 23.1 Å². The van der Waals surface area contributed by atoms with Gasteiger partial charge >= 0.3 is 13.6 Å². The van der Waals surface area contributed by atoms with Crippen molar-refractivity contribution in [3.8, 4) is 0 Å². The van der Waals surface area contributed by atoms with Crippen molar-refractivity contribution in [2.45, 2.75) is 20.8 Å². The molecule has 0 fully saturated rings. The molecule has 0 aromatic rings. The molecule has 1 N–H and O–H groups in total. The van der Waals surface area contributed by atoms with Gasteiger partial charge in [0.05, 0.1) is 19.8 Å². The Balaban J connectivity index is 4.69. The number of nitrogens with one attached hydrogen (secondary N) is 1. The number of carbonyl (C=O) groups is 1. The fourth-order valence-electron chi connectivity index (χ4n) is 0.818. The third-order valence-corrected chi connectivity index (χ3v) is 3.27. The van der Waals surface area contributed by atoms with Crippen LogP contribution in [0, 0.1) is 5.41 Å². The molecule has 0 rings (SSSR count). The van der Waals surface area contributed by atoms with Crippen LogP contribution in [0.25, 0.3) is 0 Å². The van der Waals surface area contributed by atoms with E-state index in [4.69, 9.17) is 14.5 Å². The van der Waals surface area contributed by atoms with E-state index in [1.807, 2.05) is 0 Å². The minimum atomic E-state index is -3.79. The van der Waals surface area contributed by atoms with Crippen LogP contribution >= 0.6 is 7.60 Å². The van der Waals surface area contributed by atoms with Gasteiger partial charge in [0, 0.05) is 0 Å². The Labute approximate surface area is 88.9 Å². The molecule has 0 aliphatic heterocycles. The first-order chi connectivity index (χ1) is 7.01. The van der Waals surface area contributed by atoms with E-state index in [1.54, 1.807) is 20.8 Å². The molecule has 0 aliphatic carbocycles. The maximum Gasteiger partial charge on any atom is 0.386 e. The minimum absolute atomic E-state index is 0.0963. The lowest BCUT2D eigenvalue weighted by Gasteiger charge is -2.16. The molecule has 0 saturated carbocycles. The van der Waals surface area contributed by atoms with E-state index < -0.39 is 19.0 Å². The Bertz CT molecular complexity index is 268. The van der Waals surface area contributed by atoms with Gasteiger partial charge in [0.1, 0.15) is 0 Å². The van der Waals surface area contributed by atoms with E-state index in [-0.39, 0.29) is 19.8 Å². The first-order valence-corrected chi connectivity index (χ1v) is 6.21. The summed E-state index contributed by atoms with van der Waals surface area (Å²) in [5.41, 5.74) is -0.756. The highest BCUT2D eigenvalue weighted by Gasteiger charge is 2.36. The van der Waals surface area contributed by atoms with Gasteiger partial charge in [-0.15, -0.1) is 0 Å². The molecular formula is C8H16NO5P. The van der Waals surface area contributed by atoms with E-state index in [0.717, 1.165) is 0 Å². The highest BCUT2D eigenvalue weighted by molar-refractivity contribution is 7.75. The average Bonchev–Trinajstić information content (AvgIpc) is 2.17. The number of ether oxygens (including phenoxy) is 1. The lowest BCUT2D eigenvalue weighted by atomic mass is 10.7. The van der Waals surface area contributed by atoms with Crippen LogP contribution in [0.3, 0.4) is 0 Å². The Hall–Kier alpha value is -0.710. The molecule has 0 amide bonds. The maximum atomic E-state index is 11.9. The van der Waals surface area contributed by atoms with Gasteiger partial charge in [-0.3, -0.25) is 9.97 Å². The summed E-state index contributed by atoms with van der Waals surface area (Å²) in [7, 11) is -3.79. The lowest BCUT2D eigenvalue weighted by molar-refractivity contribution is -0.134. The molecule has 88 valence electrons. The highest BCUT2D eigenvalue weighted by Crippen LogP contribution is 2.49. The average molecular weight is 237 g/mol. The molecule has 0 spiro atoms. The van der Waals surface area contributed by atoms with Crippen molar-refractivity contribution in [1.29, 1.82) is 5.41 Å². The standard InChI is InChI=1S/C8H16NO5P/c1-4-12-8(10)7(9)15(11,13-5-2)14-6-3/h9H,4-6H2,1-3H3. The molecule has 0 heterocycles. The van der Waals surface area contributed by atoms with Crippen molar-refractivity contribution in [1.82, 2.24) is 0 Å². The van der Waals surface area contributed by atoms with Crippen LogP contribution in [0.2, 0.25) is 0 Å². The largest absolute Gasteiger partial charge is 0.461 e. The predicted octanol–water partition coefficient (Wildman–Crippen LogP) is 1.79. The summed E-state index contributed by atoms with van der Waals surface area (Å²) in [4.78, 5) is 11.2. The Morgan fingerprint density at radius 2 is 1.60 bits per heavy atom. The van der Waals surface area contributed by atoms with Gasteiger partial charge in [0.2, 0.25) is 5.45 Å². The zero-order valence-corrected chi connectivity index (χ0v) is 10.0. The summed E-state index contributed by atoms with van der Waals surface area (Å²) in [6, 6.07) is 0. The predicted molar refractivity (Wildman–Crippen MR) is 55.2 cm³/mol. The van der Waals surface area contributed by atoms with Crippen LogP contribution in [0.15, 0.2) is 0 Å². The quantitative estimate of drug-likeness (QED) is 0.414. The first kappa shape index (κ1) is 14.3. The molecule has 0 aromatic heterocycles. The smallest absolute Gasteiger partial charge is 0.386 e. The fraction of sp³-hybridized carbons (Fsp3) is 0.750. The fourth-order valence-corrected chi connectivity index (χ4v) is 2.12. The number of esters is 1. The monoisotopic (exact) mass is 237 g/mol. The molecule has 0 saturated heterocycles. The van der Waals surface area contributed by atoms with Gasteiger partial charge in [0.25, 0.3) is 0 Å². The summed E-state index contributed by atoms with van der Waals surface area (Å²) in [5.74, 6) is -0.970. The second kappa shape index (κ2) is 6.71. The lowest BCUT2D eigenvalue weighted by Crippen LogP contribution is -2.19. The van der Waals surface area contributed by atoms with Crippen LogP contribution in [0.4, 0.5) is 0 Å². The number of hydrogen-bond donors (Lipinski definition) is 1. The van der Waals surface area contributed by atoms with Crippen LogP contribution in [0.5, 0.6) is 0 Å². The van der Waals surface area contributed by atoms with E-state index in [2.05, 4.69) is 4.74 Å². The summed E-state index contributed by atoms with van der Waals surface area (Å²) in [5, 5.41) is 7.37. The van der Waals surface area contributed by atoms with Crippen molar-refractivity contribution in [3.05, 3.63) is 0 Å². The van der Waals surface area contributed by atoms with E-state index >= 15 is 0 Å². The van der Waals surface area contributed by atoms with Crippen LogP contribution in [0.1, 0.15) is 20.8 Å². The normalized spacial score (nSPS) is 11.1. The van der Waals surface area contributed by atoms with Gasteiger partial charge < -0.3 is 13.8 Å².